The van der Waals surface area contributed by atoms with Crippen LogP contribution in [-0.4, -0.2) is 13.1 Å². The van der Waals surface area contributed by atoms with E-state index in [2.05, 4.69) is 36.5 Å². The van der Waals surface area contributed by atoms with E-state index in [1.807, 2.05) is 18.2 Å². The second-order valence-electron chi connectivity index (χ2n) is 2.62. The third-order valence-corrected chi connectivity index (χ3v) is 1.62. The lowest BCUT2D eigenvalue weighted by Crippen LogP contribution is -3.00. The topological polar surface area (TPSA) is 12.0 Å². The first-order valence-electron chi connectivity index (χ1n) is 4.36. The van der Waals surface area contributed by atoms with Crippen molar-refractivity contribution in [2.24, 2.45) is 0 Å². The molecule has 0 saturated carbocycles. The highest BCUT2D eigenvalue weighted by Gasteiger charge is 1.80. The minimum absolute atomic E-state index is 0. The Balaban J connectivity index is 0.00000144. The lowest BCUT2D eigenvalue weighted by molar-refractivity contribution is -0.00000250. The summed E-state index contributed by atoms with van der Waals surface area (Å²) in [7, 11) is 0. The van der Waals surface area contributed by atoms with Gasteiger partial charge in [0.2, 0.25) is 0 Å². The normalized spacial score (nSPS) is 9.92. The van der Waals surface area contributed by atoms with Crippen molar-refractivity contribution in [3.63, 3.8) is 0 Å². The van der Waals surface area contributed by atoms with Gasteiger partial charge in [0, 0.05) is 6.54 Å². The van der Waals surface area contributed by atoms with Crippen molar-refractivity contribution in [1.82, 2.24) is 5.32 Å². The van der Waals surface area contributed by atoms with Crippen LogP contribution in [0.15, 0.2) is 36.4 Å². The molecule has 0 atom stereocenters. The maximum atomic E-state index is 3.23. The maximum absolute atomic E-state index is 3.23. The zero-order chi connectivity index (χ0) is 8.65. The molecule has 1 aromatic carbocycles. The molecule has 0 heterocycles. The van der Waals surface area contributed by atoms with E-state index in [9.17, 15) is 0 Å². The van der Waals surface area contributed by atoms with Gasteiger partial charge in [-0.15, -0.1) is 0 Å². The van der Waals surface area contributed by atoms with Crippen molar-refractivity contribution in [2.75, 3.05) is 13.1 Å². The first-order valence-corrected chi connectivity index (χ1v) is 4.36. The lowest BCUT2D eigenvalue weighted by Gasteiger charge is -1.93. The highest BCUT2D eigenvalue weighted by atomic mass is 35.5. The summed E-state index contributed by atoms with van der Waals surface area (Å²) in [5.41, 5.74) is 1.26. The van der Waals surface area contributed by atoms with Gasteiger partial charge in [-0.1, -0.05) is 49.4 Å². The Labute approximate surface area is 86.3 Å². The van der Waals surface area contributed by atoms with Crippen molar-refractivity contribution in [3.8, 4) is 0 Å². The molecule has 0 amide bonds. The van der Waals surface area contributed by atoms with E-state index in [-0.39, 0.29) is 12.4 Å². The molecular formula is C11H15ClN-. The number of halogens is 1. The third kappa shape index (κ3) is 5.45. The number of benzene rings is 1. The van der Waals surface area contributed by atoms with E-state index >= 15 is 0 Å². The van der Waals surface area contributed by atoms with Crippen LogP contribution in [0.25, 0.3) is 6.08 Å². The standard InChI is InChI=1S/C11H15N.ClH/c1-2-12-10-6-9-11-7-4-3-5-8-11;/h3-9,12H,2,10H2,1H3;1H/p-1/b9-6+;. The predicted molar refractivity (Wildman–Crippen MR) is 54.0 cm³/mol. The van der Waals surface area contributed by atoms with Gasteiger partial charge in [0.05, 0.1) is 0 Å². The number of hydrogen-bond acceptors (Lipinski definition) is 1. The Hall–Kier alpha value is -0.790. The number of rotatable bonds is 4. The highest BCUT2D eigenvalue weighted by Crippen LogP contribution is 1.99. The first kappa shape index (κ1) is 12.2. The van der Waals surface area contributed by atoms with Gasteiger partial charge in [0.1, 0.15) is 0 Å². The Morgan fingerprint density at radius 1 is 1.23 bits per heavy atom. The van der Waals surface area contributed by atoms with E-state index in [4.69, 9.17) is 0 Å². The summed E-state index contributed by atoms with van der Waals surface area (Å²) in [5.74, 6) is 0. The molecule has 13 heavy (non-hydrogen) atoms. The van der Waals surface area contributed by atoms with E-state index in [1.165, 1.54) is 5.56 Å². The molecule has 0 radical (unpaired) electrons. The SMILES string of the molecule is CCNC/C=C/c1ccccc1.[Cl-]. The summed E-state index contributed by atoms with van der Waals surface area (Å²) in [6, 6.07) is 10.3. The van der Waals surface area contributed by atoms with Gasteiger partial charge in [-0.2, -0.15) is 0 Å². The largest absolute Gasteiger partial charge is 1.00 e. The van der Waals surface area contributed by atoms with Crippen molar-refractivity contribution < 1.29 is 12.4 Å². The van der Waals surface area contributed by atoms with E-state index in [1.54, 1.807) is 0 Å². The van der Waals surface area contributed by atoms with Gasteiger partial charge < -0.3 is 17.7 Å². The average molecular weight is 197 g/mol. The number of hydrogen-bond donors (Lipinski definition) is 1. The molecule has 0 aliphatic carbocycles. The van der Waals surface area contributed by atoms with Gasteiger partial charge in [-0.3, -0.25) is 0 Å². The van der Waals surface area contributed by atoms with Gasteiger partial charge in [0.25, 0.3) is 0 Å². The minimum Gasteiger partial charge on any atom is -1.00 e. The highest BCUT2D eigenvalue weighted by molar-refractivity contribution is 5.48. The Morgan fingerprint density at radius 2 is 1.92 bits per heavy atom. The molecule has 72 valence electrons. The van der Waals surface area contributed by atoms with Crippen LogP contribution < -0.4 is 17.7 Å². The van der Waals surface area contributed by atoms with Crippen molar-refractivity contribution in [2.45, 2.75) is 6.92 Å². The lowest BCUT2D eigenvalue weighted by atomic mass is 10.2. The Kier molecular flexibility index (Phi) is 7.36. The minimum atomic E-state index is 0. The molecule has 1 N–H and O–H groups in total. The van der Waals surface area contributed by atoms with Crippen LogP contribution in [0.3, 0.4) is 0 Å². The van der Waals surface area contributed by atoms with Crippen LogP contribution in [0.5, 0.6) is 0 Å². The number of nitrogens with one attached hydrogen (secondary N) is 1. The van der Waals surface area contributed by atoms with E-state index in [0.717, 1.165) is 13.1 Å². The maximum Gasteiger partial charge on any atom is 0.0138 e. The van der Waals surface area contributed by atoms with Crippen molar-refractivity contribution in [3.05, 3.63) is 42.0 Å². The molecule has 0 aromatic heterocycles. The van der Waals surface area contributed by atoms with Crippen LogP contribution in [0, 0.1) is 0 Å². The van der Waals surface area contributed by atoms with E-state index < -0.39 is 0 Å². The molecule has 1 nitrogen and oxygen atoms in total. The molecular weight excluding hydrogens is 182 g/mol. The fraction of sp³-hybridized carbons (Fsp3) is 0.273. The van der Waals surface area contributed by atoms with Crippen LogP contribution in [0.4, 0.5) is 0 Å². The third-order valence-electron chi connectivity index (χ3n) is 1.62. The molecule has 0 aliphatic heterocycles. The summed E-state index contributed by atoms with van der Waals surface area (Å²) in [6.07, 6.45) is 4.27. The number of likely N-dealkylation sites (N-methyl/N-ethyl adjacent to an activating group) is 1. The van der Waals surface area contributed by atoms with Gasteiger partial charge in [-0.05, 0) is 12.1 Å². The summed E-state index contributed by atoms with van der Waals surface area (Å²) < 4.78 is 0. The second-order valence-corrected chi connectivity index (χ2v) is 2.62. The molecule has 1 rings (SSSR count). The average Bonchev–Trinajstić information content (AvgIpc) is 2.14. The molecule has 2 heteroatoms. The zero-order valence-corrected chi connectivity index (χ0v) is 8.59. The molecule has 1 aromatic rings. The smallest absolute Gasteiger partial charge is 0.0138 e. The molecule has 0 spiro atoms. The zero-order valence-electron chi connectivity index (χ0n) is 7.83. The van der Waals surface area contributed by atoms with Gasteiger partial charge in [-0.25, -0.2) is 0 Å². The fourth-order valence-corrected chi connectivity index (χ4v) is 0.987. The molecule has 0 saturated heterocycles. The monoisotopic (exact) mass is 196 g/mol. The molecule has 0 bridgehead atoms. The van der Waals surface area contributed by atoms with E-state index in [0.29, 0.717) is 0 Å². The van der Waals surface area contributed by atoms with Crippen LogP contribution >= 0.6 is 0 Å². The Bertz CT molecular complexity index is 231. The quantitative estimate of drug-likeness (QED) is 0.629. The summed E-state index contributed by atoms with van der Waals surface area (Å²) >= 11 is 0. The molecule has 0 aliphatic rings. The van der Waals surface area contributed by atoms with Crippen molar-refractivity contribution >= 4 is 6.08 Å². The van der Waals surface area contributed by atoms with Crippen molar-refractivity contribution in [1.29, 1.82) is 0 Å². The summed E-state index contributed by atoms with van der Waals surface area (Å²) in [6.45, 7) is 4.08. The van der Waals surface area contributed by atoms with Crippen LogP contribution in [0.2, 0.25) is 0 Å². The molecule has 0 fully saturated rings. The second kappa shape index (κ2) is 7.84. The summed E-state index contributed by atoms with van der Waals surface area (Å²) in [5, 5.41) is 3.23. The molecule has 0 unspecified atom stereocenters. The summed E-state index contributed by atoms with van der Waals surface area (Å²) in [4.78, 5) is 0. The predicted octanol–water partition coefficient (Wildman–Crippen LogP) is -0.687. The Morgan fingerprint density at radius 3 is 2.54 bits per heavy atom. The fourth-order valence-electron chi connectivity index (χ4n) is 0.987. The van der Waals surface area contributed by atoms with Crippen LogP contribution in [-0.2, 0) is 0 Å². The van der Waals surface area contributed by atoms with Gasteiger partial charge >= 0.3 is 0 Å². The first-order chi connectivity index (χ1) is 5.93. The van der Waals surface area contributed by atoms with Gasteiger partial charge in [0.15, 0.2) is 0 Å². The van der Waals surface area contributed by atoms with Crippen LogP contribution in [0.1, 0.15) is 12.5 Å².